The maximum atomic E-state index is 12.2. The van der Waals surface area contributed by atoms with Gasteiger partial charge in [0.2, 0.25) is 0 Å². The Morgan fingerprint density at radius 2 is 2.20 bits per heavy atom. The van der Waals surface area contributed by atoms with Crippen molar-refractivity contribution in [1.82, 2.24) is 20.2 Å². The van der Waals surface area contributed by atoms with Gasteiger partial charge in [-0.2, -0.15) is 13.2 Å². The molecule has 0 spiro atoms. The van der Waals surface area contributed by atoms with Crippen LogP contribution in [-0.2, 0) is 22.3 Å². The summed E-state index contributed by atoms with van der Waals surface area (Å²) in [5, 5.41) is 8.65. The molecule has 0 aliphatic rings. The number of esters is 1. The molecule has 1 aromatic heterocycles. The third-order valence-corrected chi connectivity index (χ3v) is 1.37. The van der Waals surface area contributed by atoms with Crippen LogP contribution in [-0.4, -0.2) is 32.8 Å². The van der Waals surface area contributed by atoms with Crippen LogP contribution in [0.1, 0.15) is 12.7 Å². The smallest absolute Gasteiger partial charge is 0.453 e. The summed E-state index contributed by atoms with van der Waals surface area (Å²) in [7, 11) is 0. The number of nitrogens with zero attached hydrogens (tertiary/aromatic N) is 4. The van der Waals surface area contributed by atoms with Crippen molar-refractivity contribution in [2.45, 2.75) is 19.6 Å². The maximum absolute atomic E-state index is 12.2. The van der Waals surface area contributed by atoms with Gasteiger partial charge in [-0.3, -0.25) is 4.79 Å². The summed E-state index contributed by atoms with van der Waals surface area (Å²) < 4.78 is 41.4. The Balaban J connectivity index is 2.78. The van der Waals surface area contributed by atoms with Crippen molar-refractivity contribution in [3.8, 4) is 0 Å². The van der Waals surface area contributed by atoms with E-state index >= 15 is 0 Å². The van der Waals surface area contributed by atoms with Gasteiger partial charge >= 0.3 is 12.1 Å². The van der Waals surface area contributed by atoms with Gasteiger partial charge in [-0.05, 0) is 17.4 Å². The highest BCUT2D eigenvalue weighted by molar-refractivity contribution is 5.69. The Bertz CT molecular complexity index is 348. The fourth-order valence-corrected chi connectivity index (χ4v) is 0.843. The minimum atomic E-state index is -4.68. The van der Waals surface area contributed by atoms with Crippen molar-refractivity contribution in [3.63, 3.8) is 0 Å². The first-order valence-electron chi connectivity index (χ1n) is 3.94. The maximum Gasteiger partial charge on any atom is 0.453 e. The number of hydrogen-bond donors (Lipinski definition) is 0. The predicted octanol–water partition coefficient (Wildman–Crippen LogP) is 0.255. The van der Waals surface area contributed by atoms with Gasteiger partial charge in [0.25, 0.3) is 5.82 Å². The molecule has 0 bridgehead atoms. The van der Waals surface area contributed by atoms with E-state index in [1.807, 2.05) is 0 Å². The molecule has 0 amide bonds. The van der Waals surface area contributed by atoms with Crippen molar-refractivity contribution in [2.24, 2.45) is 0 Å². The van der Waals surface area contributed by atoms with Gasteiger partial charge in [-0.1, -0.05) is 0 Å². The minimum Gasteiger partial charge on any atom is -0.465 e. The van der Waals surface area contributed by atoms with Crippen molar-refractivity contribution in [2.75, 3.05) is 6.61 Å². The molecule has 0 saturated carbocycles. The lowest BCUT2D eigenvalue weighted by Gasteiger charge is -2.06. The van der Waals surface area contributed by atoms with Crippen molar-refractivity contribution >= 4 is 5.97 Å². The van der Waals surface area contributed by atoms with E-state index in [-0.39, 0.29) is 6.61 Å². The topological polar surface area (TPSA) is 69.9 Å². The first-order valence-corrected chi connectivity index (χ1v) is 3.94. The molecule has 0 atom stereocenters. The molecule has 84 valence electrons. The van der Waals surface area contributed by atoms with Crippen LogP contribution in [0.3, 0.4) is 0 Å². The highest BCUT2D eigenvalue weighted by atomic mass is 19.4. The summed E-state index contributed by atoms with van der Waals surface area (Å²) in [5.74, 6) is -2.15. The van der Waals surface area contributed by atoms with Crippen LogP contribution in [0, 0.1) is 0 Å². The van der Waals surface area contributed by atoms with Gasteiger partial charge in [0.05, 0.1) is 6.61 Å². The largest absolute Gasteiger partial charge is 0.465 e. The fraction of sp³-hybridized carbons (Fsp3) is 0.667. The Kier molecular flexibility index (Phi) is 3.22. The molecule has 0 aromatic carbocycles. The molecule has 1 aromatic rings. The van der Waals surface area contributed by atoms with E-state index in [2.05, 4.69) is 20.3 Å². The van der Waals surface area contributed by atoms with E-state index in [9.17, 15) is 18.0 Å². The van der Waals surface area contributed by atoms with E-state index in [0.717, 1.165) is 0 Å². The highest BCUT2D eigenvalue weighted by Crippen LogP contribution is 2.26. The molecule has 1 heterocycles. The highest BCUT2D eigenvalue weighted by Gasteiger charge is 2.38. The molecule has 0 saturated heterocycles. The number of rotatable bonds is 3. The molecular weight excluding hydrogens is 217 g/mol. The first-order chi connectivity index (χ1) is 6.95. The summed E-state index contributed by atoms with van der Waals surface area (Å²) >= 11 is 0. The van der Waals surface area contributed by atoms with E-state index in [0.29, 0.717) is 4.68 Å². The second kappa shape index (κ2) is 4.24. The molecule has 9 heteroatoms. The Labute approximate surface area is 82.0 Å². The van der Waals surface area contributed by atoms with Crippen molar-refractivity contribution in [3.05, 3.63) is 5.82 Å². The summed E-state index contributed by atoms with van der Waals surface area (Å²) in [6.45, 7) is 0.972. The number of alkyl halides is 3. The summed E-state index contributed by atoms with van der Waals surface area (Å²) in [6, 6.07) is 0. The van der Waals surface area contributed by atoms with E-state index in [1.165, 1.54) is 0 Å². The number of carbonyl (C=O) groups excluding carboxylic acids is 1. The van der Waals surface area contributed by atoms with E-state index in [1.54, 1.807) is 6.92 Å². The molecule has 15 heavy (non-hydrogen) atoms. The van der Waals surface area contributed by atoms with Gasteiger partial charge < -0.3 is 4.74 Å². The number of carbonyl (C=O) groups is 1. The van der Waals surface area contributed by atoms with Crippen LogP contribution in [0.5, 0.6) is 0 Å². The number of hydrogen-bond acceptors (Lipinski definition) is 5. The third-order valence-electron chi connectivity index (χ3n) is 1.37. The van der Waals surface area contributed by atoms with Crippen LogP contribution in [0.15, 0.2) is 0 Å². The second-order valence-corrected chi connectivity index (χ2v) is 2.46. The van der Waals surface area contributed by atoms with Gasteiger partial charge in [0, 0.05) is 0 Å². The van der Waals surface area contributed by atoms with Crippen LogP contribution in [0.25, 0.3) is 0 Å². The quantitative estimate of drug-likeness (QED) is 0.688. The molecule has 6 nitrogen and oxygen atoms in total. The number of aromatic nitrogens is 4. The molecular formula is C6H7F3N4O2. The average molecular weight is 224 g/mol. The number of ether oxygens (including phenoxy) is 1. The van der Waals surface area contributed by atoms with Gasteiger partial charge in [0.15, 0.2) is 0 Å². The number of halogens is 3. The van der Waals surface area contributed by atoms with Gasteiger partial charge in [-0.15, -0.1) is 5.10 Å². The van der Waals surface area contributed by atoms with Gasteiger partial charge in [0.1, 0.15) is 6.54 Å². The lowest BCUT2D eigenvalue weighted by Crippen LogP contribution is -2.21. The lowest BCUT2D eigenvalue weighted by molar-refractivity contribution is -0.151. The minimum absolute atomic E-state index is 0.0856. The average Bonchev–Trinajstić information content (AvgIpc) is 2.51. The second-order valence-electron chi connectivity index (χ2n) is 2.46. The lowest BCUT2D eigenvalue weighted by atomic mass is 10.5. The standard InChI is InChI=1S/C6H7F3N4O2/c1-2-15-4(14)3-13-5(6(7,8)9)10-11-12-13/h2-3H2,1H3. The molecule has 0 aliphatic heterocycles. The molecule has 0 aliphatic carbocycles. The molecule has 0 N–H and O–H groups in total. The van der Waals surface area contributed by atoms with E-state index in [4.69, 9.17) is 0 Å². The van der Waals surface area contributed by atoms with Crippen LogP contribution in [0.2, 0.25) is 0 Å². The summed E-state index contributed by atoms with van der Waals surface area (Å²) in [5.41, 5.74) is 0. The normalized spacial score (nSPS) is 11.5. The molecule has 1 rings (SSSR count). The Morgan fingerprint density at radius 3 is 2.73 bits per heavy atom. The summed E-state index contributed by atoms with van der Waals surface area (Å²) in [6.07, 6.45) is -4.68. The SMILES string of the molecule is CCOC(=O)Cn1nnnc1C(F)(F)F. The third kappa shape index (κ3) is 2.89. The number of tetrazole rings is 1. The van der Waals surface area contributed by atoms with E-state index < -0.39 is 24.5 Å². The Hall–Kier alpha value is -1.67. The first kappa shape index (κ1) is 11.4. The van der Waals surface area contributed by atoms with Crippen LogP contribution < -0.4 is 0 Å². The molecule has 0 radical (unpaired) electrons. The summed E-state index contributed by atoms with van der Waals surface area (Å²) in [4.78, 5) is 10.9. The molecule has 0 unspecified atom stereocenters. The zero-order valence-corrected chi connectivity index (χ0v) is 7.65. The van der Waals surface area contributed by atoms with Gasteiger partial charge in [-0.25, -0.2) is 4.68 Å². The zero-order chi connectivity index (χ0) is 11.5. The molecule has 0 fully saturated rings. The fourth-order valence-electron chi connectivity index (χ4n) is 0.843. The van der Waals surface area contributed by atoms with Crippen LogP contribution in [0.4, 0.5) is 13.2 Å². The zero-order valence-electron chi connectivity index (χ0n) is 7.65. The Morgan fingerprint density at radius 1 is 1.53 bits per heavy atom. The van der Waals surface area contributed by atoms with Crippen molar-refractivity contribution < 1.29 is 22.7 Å². The van der Waals surface area contributed by atoms with Crippen LogP contribution >= 0.6 is 0 Å². The van der Waals surface area contributed by atoms with Crippen molar-refractivity contribution in [1.29, 1.82) is 0 Å². The monoisotopic (exact) mass is 224 g/mol. The predicted molar refractivity (Wildman–Crippen MR) is 39.5 cm³/mol.